The Hall–Kier alpha value is -2.51. The number of amides is 1. The molecular formula is C16H19F2NO5. The minimum atomic E-state index is -1.33. The molecule has 132 valence electrons. The van der Waals surface area contributed by atoms with Crippen molar-refractivity contribution in [1.82, 2.24) is 5.32 Å². The molecule has 2 N–H and O–H groups in total. The summed E-state index contributed by atoms with van der Waals surface area (Å²) in [7, 11) is 0. The molecule has 1 amide bonds. The third-order valence-electron chi connectivity index (χ3n) is 3.31. The largest absolute Gasteiger partial charge is 0.480 e. The van der Waals surface area contributed by atoms with Gasteiger partial charge in [-0.05, 0) is 24.5 Å². The smallest absolute Gasteiger partial charge is 0.326 e. The number of hydrogen-bond donors (Lipinski definition) is 2. The summed E-state index contributed by atoms with van der Waals surface area (Å²) in [5.41, 5.74) is -0.0592. The molecule has 1 aromatic carbocycles. The van der Waals surface area contributed by atoms with E-state index in [1.165, 1.54) is 6.92 Å². The zero-order chi connectivity index (χ0) is 18.3. The Balaban J connectivity index is 2.72. The van der Waals surface area contributed by atoms with Crippen molar-refractivity contribution in [2.45, 2.75) is 32.7 Å². The van der Waals surface area contributed by atoms with Crippen LogP contribution in [0.15, 0.2) is 18.2 Å². The molecule has 2 atom stereocenters. The van der Waals surface area contributed by atoms with Crippen LogP contribution in [0.2, 0.25) is 0 Å². The van der Waals surface area contributed by atoms with Crippen LogP contribution in [0.5, 0.6) is 0 Å². The van der Waals surface area contributed by atoms with Crippen LogP contribution in [-0.2, 0) is 25.5 Å². The number of benzene rings is 1. The van der Waals surface area contributed by atoms with Crippen LogP contribution in [0.25, 0.3) is 0 Å². The molecule has 1 rings (SSSR count). The predicted octanol–water partition coefficient (Wildman–Crippen LogP) is 1.67. The van der Waals surface area contributed by atoms with Gasteiger partial charge < -0.3 is 15.2 Å². The fourth-order valence-corrected chi connectivity index (χ4v) is 2.11. The van der Waals surface area contributed by atoms with Crippen molar-refractivity contribution in [2.24, 2.45) is 5.92 Å². The van der Waals surface area contributed by atoms with Crippen LogP contribution in [0.3, 0.4) is 0 Å². The zero-order valence-electron chi connectivity index (χ0n) is 13.3. The molecule has 8 heteroatoms. The number of ether oxygens (including phenoxy) is 1. The van der Waals surface area contributed by atoms with E-state index in [0.717, 1.165) is 12.1 Å². The average molecular weight is 343 g/mol. The second kappa shape index (κ2) is 8.95. The molecule has 1 aromatic rings. The van der Waals surface area contributed by atoms with E-state index < -0.39 is 47.9 Å². The first-order valence-electron chi connectivity index (χ1n) is 7.36. The summed E-state index contributed by atoms with van der Waals surface area (Å²) in [6.45, 7) is 3.27. The Morgan fingerprint density at radius 2 is 1.96 bits per heavy atom. The number of halogens is 2. The molecule has 0 aromatic heterocycles. The highest BCUT2D eigenvalue weighted by Gasteiger charge is 2.28. The summed E-state index contributed by atoms with van der Waals surface area (Å²) >= 11 is 0. The molecule has 0 unspecified atom stereocenters. The van der Waals surface area contributed by atoms with Crippen molar-refractivity contribution in [3.05, 3.63) is 35.4 Å². The Bertz CT molecular complexity index is 620. The standard InChI is InChI=1S/C16H19F2NO5/c1-3-24-14(21)6-9(2)15(16(22)23)19-13(20)7-10-4-5-11(17)8-12(10)18/h4-5,8-9,15H,3,6-7H2,1-2H3,(H,19,20)(H,22,23)/t9-,15-/m0/s1. The normalized spacial score (nSPS) is 13.0. The highest BCUT2D eigenvalue weighted by molar-refractivity contribution is 5.85. The maximum Gasteiger partial charge on any atom is 0.326 e. The summed E-state index contributed by atoms with van der Waals surface area (Å²) in [6, 6.07) is 1.43. The molecular weight excluding hydrogens is 324 g/mol. The van der Waals surface area contributed by atoms with Crippen LogP contribution >= 0.6 is 0 Å². The second-order valence-corrected chi connectivity index (χ2v) is 5.28. The van der Waals surface area contributed by atoms with Crippen LogP contribution < -0.4 is 5.32 Å². The molecule has 6 nitrogen and oxygen atoms in total. The molecule has 0 bridgehead atoms. The predicted molar refractivity (Wildman–Crippen MR) is 80.0 cm³/mol. The van der Waals surface area contributed by atoms with Crippen LogP contribution in [0.4, 0.5) is 8.78 Å². The van der Waals surface area contributed by atoms with Gasteiger partial charge in [-0.25, -0.2) is 13.6 Å². The summed E-state index contributed by atoms with van der Waals surface area (Å²) < 4.78 is 31.1. The van der Waals surface area contributed by atoms with E-state index >= 15 is 0 Å². The lowest BCUT2D eigenvalue weighted by molar-refractivity contribution is -0.147. The van der Waals surface area contributed by atoms with Gasteiger partial charge in [0.2, 0.25) is 5.91 Å². The van der Waals surface area contributed by atoms with Crippen molar-refractivity contribution in [2.75, 3.05) is 6.61 Å². The van der Waals surface area contributed by atoms with E-state index in [0.29, 0.717) is 6.07 Å². The maximum atomic E-state index is 13.5. The Morgan fingerprint density at radius 3 is 2.50 bits per heavy atom. The second-order valence-electron chi connectivity index (χ2n) is 5.28. The molecule has 0 fully saturated rings. The third-order valence-corrected chi connectivity index (χ3v) is 3.31. The molecule has 0 heterocycles. The van der Waals surface area contributed by atoms with Gasteiger partial charge in [0.05, 0.1) is 19.4 Å². The Kier molecular flexibility index (Phi) is 7.29. The van der Waals surface area contributed by atoms with Gasteiger partial charge in [-0.1, -0.05) is 13.0 Å². The van der Waals surface area contributed by atoms with E-state index in [2.05, 4.69) is 5.32 Å². The Morgan fingerprint density at radius 1 is 1.29 bits per heavy atom. The van der Waals surface area contributed by atoms with Gasteiger partial charge in [0.25, 0.3) is 0 Å². The van der Waals surface area contributed by atoms with Crippen LogP contribution in [-0.4, -0.2) is 35.6 Å². The van der Waals surface area contributed by atoms with Gasteiger partial charge in [-0.15, -0.1) is 0 Å². The van der Waals surface area contributed by atoms with E-state index in [9.17, 15) is 28.3 Å². The summed E-state index contributed by atoms with van der Waals surface area (Å²) in [5, 5.41) is 11.4. The number of nitrogens with one attached hydrogen (secondary N) is 1. The van der Waals surface area contributed by atoms with E-state index in [1.54, 1.807) is 6.92 Å². The van der Waals surface area contributed by atoms with E-state index in [1.807, 2.05) is 0 Å². The molecule has 24 heavy (non-hydrogen) atoms. The molecule has 0 aliphatic heterocycles. The van der Waals surface area contributed by atoms with E-state index in [4.69, 9.17) is 4.74 Å². The van der Waals surface area contributed by atoms with Gasteiger partial charge in [0, 0.05) is 6.07 Å². The third kappa shape index (κ3) is 5.94. The number of carboxylic acid groups (broad SMARTS) is 1. The fourth-order valence-electron chi connectivity index (χ4n) is 2.11. The SMILES string of the molecule is CCOC(=O)C[C@H](C)[C@H](NC(=O)Cc1ccc(F)cc1F)C(=O)O. The average Bonchev–Trinajstić information content (AvgIpc) is 2.47. The van der Waals surface area contributed by atoms with Crippen LogP contribution in [0.1, 0.15) is 25.8 Å². The van der Waals surface area contributed by atoms with Crippen LogP contribution in [0, 0.1) is 17.6 Å². The first-order chi connectivity index (χ1) is 11.2. The van der Waals surface area contributed by atoms with Gasteiger partial charge in [-0.3, -0.25) is 9.59 Å². The van der Waals surface area contributed by atoms with Gasteiger partial charge in [0.15, 0.2) is 0 Å². The monoisotopic (exact) mass is 343 g/mol. The summed E-state index contributed by atoms with van der Waals surface area (Å²) in [6.07, 6.45) is -0.627. The zero-order valence-corrected chi connectivity index (χ0v) is 13.3. The lowest BCUT2D eigenvalue weighted by atomic mass is 9.98. The number of carboxylic acids is 1. The Labute approximate surface area is 137 Å². The van der Waals surface area contributed by atoms with Gasteiger partial charge in [0.1, 0.15) is 17.7 Å². The molecule has 0 saturated heterocycles. The topological polar surface area (TPSA) is 92.7 Å². The first kappa shape index (κ1) is 19.5. The summed E-state index contributed by atoms with van der Waals surface area (Å²) in [4.78, 5) is 34.6. The van der Waals surface area contributed by atoms with Crippen molar-refractivity contribution >= 4 is 17.8 Å². The number of carbonyl (C=O) groups excluding carboxylic acids is 2. The number of esters is 1. The summed E-state index contributed by atoms with van der Waals surface area (Å²) in [5.74, 6) is -5.03. The number of hydrogen-bond acceptors (Lipinski definition) is 4. The highest BCUT2D eigenvalue weighted by atomic mass is 19.1. The van der Waals surface area contributed by atoms with E-state index in [-0.39, 0.29) is 18.6 Å². The minimum Gasteiger partial charge on any atom is -0.480 e. The van der Waals surface area contributed by atoms with Crippen molar-refractivity contribution in [3.8, 4) is 0 Å². The highest BCUT2D eigenvalue weighted by Crippen LogP contribution is 2.13. The van der Waals surface area contributed by atoms with Crippen molar-refractivity contribution in [1.29, 1.82) is 0 Å². The fraction of sp³-hybridized carbons (Fsp3) is 0.438. The van der Waals surface area contributed by atoms with Gasteiger partial charge >= 0.3 is 11.9 Å². The quantitative estimate of drug-likeness (QED) is 0.701. The molecule has 0 aliphatic rings. The number of rotatable bonds is 8. The number of aliphatic carboxylic acids is 1. The van der Waals surface area contributed by atoms with Crippen molar-refractivity contribution in [3.63, 3.8) is 0 Å². The van der Waals surface area contributed by atoms with Crippen molar-refractivity contribution < 1.29 is 33.0 Å². The minimum absolute atomic E-state index is 0.0592. The maximum absolute atomic E-state index is 13.5. The molecule has 0 saturated carbocycles. The molecule has 0 spiro atoms. The number of carbonyl (C=O) groups is 3. The molecule has 0 radical (unpaired) electrons. The molecule has 0 aliphatic carbocycles. The lowest BCUT2D eigenvalue weighted by Gasteiger charge is -2.20. The first-order valence-corrected chi connectivity index (χ1v) is 7.36. The van der Waals surface area contributed by atoms with Gasteiger partial charge in [-0.2, -0.15) is 0 Å². The lowest BCUT2D eigenvalue weighted by Crippen LogP contribution is -2.46.